The van der Waals surface area contributed by atoms with E-state index >= 15 is 0 Å². The fourth-order valence-corrected chi connectivity index (χ4v) is 4.78. The van der Waals surface area contributed by atoms with Crippen molar-refractivity contribution in [2.75, 3.05) is 0 Å². The molecule has 0 radical (unpaired) electrons. The molecule has 0 spiro atoms. The summed E-state index contributed by atoms with van der Waals surface area (Å²) in [4.78, 5) is 4.03. The minimum absolute atomic E-state index is 0.129. The molecule has 1 heterocycles. The number of hydrogen-bond acceptors (Lipinski definition) is 4. The van der Waals surface area contributed by atoms with E-state index in [1.807, 2.05) is 24.3 Å². The molecule has 0 fully saturated rings. The molecule has 0 saturated heterocycles. The average Bonchev–Trinajstić information content (AvgIpc) is 3.04. The molecule has 0 unspecified atom stereocenters. The maximum Gasteiger partial charge on any atom is 0.143 e. The monoisotopic (exact) mass is 579 g/mol. The minimum atomic E-state index is -0.297. The van der Waals surface area contributed by atoms with Gasteiger partial charge in [-0.1, -0.05) is 0 Å². The van der Waals surface area contributed by atoms with Gasteiger partial charge in [0.2, 0.25) is 0 Å². The molecule has 0 aliphatic heterocycles. The zero-order valence-corrected chi connectivity index (χ0v) is 18.1. The van der Waals surface area contributed by atoms with E-state index < -0.39 is 0 Å². The second-order valence-electron chi connectivity index (χ2n) is 4.94. The van der Waals surface area contributed by atoms with Gasteiger partial charge < -0.3 is 10.2 Å². The first-order chi connectivity index (χ1) is 11.4. The van der Waals surface area contributed by atoms with Gasteiger partial charge in [-0.3, -0.25) is 0 Å². The summed E-state index contributed by atoms with van der Waals surface area (Å²) in [7, 11) is 0. The Hall–Kier alpha value is -0.900. The van der Waals surface area contributed by atoms with E-state index in [0.717, 1.165) is 11.1 Å². The number of hydrogen-bond donors (Lipinski definition) is 2. The van der Waals surface area contributed by atoms with Crippen molar-refractivity contribution in [1.29, 1.82) is 0 Å². The van der Waals surface area contributed by atoms with E-state index in [9.17, 15) is 10.2 Å². The van der Waals surface area contributed by atoms with Crippen molar-refractivity contribution in [1.82, 2.24) is 14.8 Å². The predicted molar refractivity (Wildman–Crippen MR) is 104 cm³/mol. The first kappa shape index (κ1) is 17.9. The first-order valence-corrected chi connectivity index (χ1v) is 9.75. The van der Waals surface area contributed by atoms with Gasteiger partial charge in [0.25, 0.3) is 0 Å². The van der Waals surface area contributed by atoms with Crippen molar-refractivity contribution in [3.63, 3.8) is 0 Å². The summed E-state index contributed by atoms with van der Waals surface area (Å²) in [6.07, 6.45) is 3.08. The Morgan fingerprint density at radius 1 is 0.792 bits per heavy atom. The number of phenolic OH excluding ortho intramolecular Hbond substituents is 2. The molecule has 0 amide bonds. The van der Waals surface area contributed by atoms with Crippen molar-refractivity contribution in [2.24, 2.45) is 0 Å². The number of nitrogens with zero attached hydrogens (tertiary/aromatic N) is 3. The molecule has 0 atom stereocenters. The molecule has 3 aromatic rings. The first-order valence-electron chi connectivity index (χ1n) is 6.58. The Morgan fingerprint density at radius 2 is 1.21 bits per heavy atom. The predicted octanol–water partition coefficient (Wildman–Crippen LogP) is 5.38. The van der Waals surface area contributed by atoms with Gasteiger partial charge in [0, 0.05) is 0 Å². The van der Waals surface area contributed by atoms with Crippen molar-refractivity contribution in [3.8, 4) is 11.5 Å². The maximum atomic E-state index is 9.96. The van der Waals surface area contributed by atoms with Crippen LogP contribution in [0.2, 0.25) is 0 Å². The second-order valence-corrected chi connectivity index (χ2v) is 8.36. The zero-order valence-electron chi connectivity index (χ0n) is 11.8. The van der Waals surface area contributed by atoms with Crippen molar-refractivity contribution < 1.29 is 10.2 Å². The van der Waals surface area contributed by atoms with Crippen LogP contribution in [0.1, 0.15) is 17.2 Å². The van der Waals surface area contributed by atoms with E-state index in [-0.39, 0.29) is 17.5 Å². The molecule has 124 valence electrons. The number of benzene rings is 2. The number of rotatable bonds is 3. The lowest BCUT2D eigenvalue weighted by molar-refractivity contribution is 0.467. The number of aromatic nitrogens is 3. The average molecular weight is 583 g/mol. The molecule has 5 nitrogen and oxygen atoms in total. The molecule has 9 heteroatoms. The summed E-state index contributed by atoms with van der Waals surface area (Å²) >= 11 is 13.4. The lowest BCUT2D eigenvalue weighted by Gasteiger charge is -2.20. The van der Waals surface area contributed by atoms with Crippen LogP contribution in [0.15, 0.2) is 54.8 Å². The van der Waals surface area contributed by atoms with Crippen LogP contribution in [0, 0.1) is 0 Å². The Bertz CT molecular complexity index is 796. The van der Waals surface area contributed by atoms with Crippen LogP contribution in [-0.4, -0.2) is 25.0 Å². The number of phenols is 2. The summed E-state index contributed by atoms with van der Waals surface area (Å²) in [5.74, 6) is 0.258. The molecule has 1 aromatic heterocycles. The highest BCUT2D eigenvalue weighted by molar-refractivity contribution is 9.11. The van der Waals surface area contributed by atoms with E-state index in [1.54, 1.807) is 11.0 Å². The summed E-state index contributed by atoms with van der Waals surface area (Å²) in [5.41, 5.74) is 1.75. The van der Waals surface area contributed by atoms with Crippen LogP contribution in [0.25, 0.3) is 0 Å². The maximum absolute atomic E-state index is 9.96. The third-order valence-corrected chi connectivity index (χ3v) is 5.83. The SMILES string of the molecule is Oc1c(Br)cc(C(c2cc(Br)c(O)c(Br)c2)n2cncn2)cc1Br. The highest BCUT2D eigenvalue weighted by Crippen LogP contribution is 2.40. The molecule has 24 heavy (non-hydrogen) atoms. The van der Waals surface area contributed by atoms with Crippen molar-refractivity contribution >= 4 is 63.7 Å². The van der Waals surface area contributed by atoms with Gasteiger partial charge in [0.1, 0.15) is 30.2 Å². The summed E-state index contributed by atoms with van der Waals surface area (Å²) in [6.45, 7) is 0. The minimum Gasteiger partial charge on any atom is -0.506 e. The lowest BCUT2D eigenvalue weighted by atomic mass is 9.98. The molecule has 0 aliphatic carbocycles. The van der Waals surface area contributed by atoms with Gasteiger partial charge in [-0.15, -0.1) is 0 Å². The van der Waals surface area contributed by atoms with Crippen molar-refractivity contribution in [2.45, 2.75) is 6.04 Å². The highest BCUT2D eigenvalue weighted by atomic mass is 79.9. The summed E-state index contributed by atoms with van der Waals surface area (Å²) in [6, 6.07) is 6.98. The second kappa shape index (κ2) is 7.15. The normalized spacial score (nSPS) is 11.2. The fourth-order valence-electron chi connectivity index (χ4n) is 2.33. The molecule has 0 aliphatic rings. The smallest absolute Gasteiger partial charge is 0.143 e. The Balaban J connectivity index is 2.23. The summed E-state index contributed by atoms with van der Waals surface area (Å²) in [5, 5.41) is 24.2. The Morgan fingerprint density at radius 3 is 1.54 bits per heavy atom. The fraction of sp³-hybridized carbons (Fsp3) is 0.0667. The highest BCUT2D eigenvalue weighted by Gasteiger charge is 2.22. The van der Waals surface area contributed by atoms with Gasteiger partial charge in [0.15, 0.2) is 0 Å². The third kappa shape index (κ3) is 3.40. The molecule has 0 bridgehead atoms. The molecule has 2 N–H and O–H groups in total. The lowest BCUT2D eigenvalue weighted by Crippen LogP contribution is -2.13. The topological polar surface area (TPSA) is 71.2 Å². The molecule has 3 rings (SSSR count). The van der Waals surface area contributed by atoms with Gasteiger partial charge in [0.05, 0.1) is 17.9 Å². The van der Waals surface area contributed by atoms with Crippen molar-refractivity contribution in [3.05, 3.63) is 65.9 Å². The van der Waals surface area contributed by atoms with Crippen LogP contribution in [0.5, 0.6) is 11.5 Å². The quantitative estimate of drug-likeness (QED) is 0.435. The zero-order chi connectivity index (χ0) is 17.4. The van der Waals surface area contributed by atoms with Gasteiger partial charge in [-0.25, -0.2) is 9.67 Å². The Labute approximate surface area is 171 Å². The van der Waals surface area contributed by atoms with Crippen LogP contribution in [0.3, 0.4) is 0 Å². The molecular formula is C15H9Br4N3O2. The number of halogens is 4. The molecule has 0 saturated carbocycles. The largest absolute Gasteiger partial charge is 0.506 e. The van der Waals surface area contributed by atoms with E-state index in [2.05, 4.69) is 73.8 Å². The van der Waals surface area contributed by atoms with E-state index in [4.69, 9.17) is 0 Å². The van der Waals surface area contributed by atoms with Gasteiger partial charge in [-0.05, 0) is 99.1 Å². The third-order valence-electron chi connectivity index (χ3n) is 3.41. The summed E-state index contributed by atoms with van der Waals surface area (Å²) < 4.78 is 3.96. The number of aromatic hydroxyl groups is 2. The van der Waals surface area contributed by atoms with Crippen LogP contribution in [-0.2, 0) is 0 Å². The van der Waals surface area contributed by atoms with Gasteiger partial charge >= 0.3 is 0 Å². The van der Waals surface area contributed by atoms with E-state index in [0.29, 0.717) is 17.9 Å². The standard InChI is InChI=1S/C15H9Br4N3O2/c16-9-1-7(2-10(17)14(9)23)13(22-6-20-5-21-22)8-3-11(18)15(24)12(19)4-8/h1-6,13,23-24H. The van der Waals surface area contributed by atoms with E-state index in [1.165, 1.54) is 6.33 Å². The van der Waals surface area contributed by atoms with Gasteiger partial charge in [-0.2, -0.15) is 5.10 Å². The molecule has 2 aromatic carbocycles. The van der Waals surface area contributed by atoms with Crippen LogP contribution >= 0.6 is 63.7 Å². The van der Waals surface area contributed by atoms with Crippen LogP contribution < -0.4 is 0 Å². The Kier molecular flexibility index (Phi) is 5.33. The van der Waals surface area contributed by atoms with Crippen LogP contribution in [0.4, 0.5) is 0 Å². The molecular weight excluding hydrogens is 574 g/mol.